The molecule has 3 rings (SSSR count). The van der Waals surface area contributed by atoms with Crippen molar-refractivity contribution >= 4 is 38.2 Å². The van der Waals surface area contributed by atoms with Crippen LogP contribution in [0.3, 0.4) is 0 Å². The normalized spacial score (nSPS) is 11.9. The molecule has 26 heavy (non-hydrogen) atoms. The number of aryl methyl sites for hydroxylation is 1. The quantitative estimate of drug-likeness (QED) is 0.520. The lowest BCUT2D eigenvalue weighted by Gasteiger charge is -2.19. The fourth-order valence-electron chi connectivity index (χ4n) is 3.03. The van der Waals surface area contributed by atoms with E-state index in [2.05, 4.69) is 57.4 Å². The predicted octanol–water partition coefficient (Wildman–Crippen LogP) is 5.60. The molecule has 0 radical (unpaired) electrons. The van der Waals surface area contributed by atoms with Crippen LogP contribution in [0.15, 0.2) is 53.1 Å². The zero-order chi connectivity index (χ0) is 18.5. The summed E-state index contributed by atoms with van der Waals surface area (Å²) in [5, 5.41) is 13.3. The number of pyridine rings is 1. The molecule has 3 aromatic rings. The third-order valence-corrected chi connectivity index (χ3v) is 5.20. The minimum absolute atomic E-state index is 0.120. The SMILES string of the molecule is C[C@@H](Nc1c(N)cnc2cc(Br)c(CCCC#N)cc12)c1ccccc1. The minimum atomic E-state index is 0.120. The number of rotatable bonds is 6. The highest BCUT2D eigenvalue weighted by Crippen LogP contribution is 2.34. The lowest BCUT2D eigenvalue weighted by Crippen LogP contribution is -2.09. The van der Waals surface area contributed by atoms with E-state index in [-0.39, 0.29) is 6.04 Å². The first kappa shape index (κ1) is 18.2. The molecular formula is C21H21BrN4. The molecule has 0 bridgehead atoms. The van der Waals surface area contributed by atoms with Crippen LogP contribution < -0.4 is 11.1 Å². The number of nitrogens with two attached hydrogens (primary N) is 1. The minimum Gasteiger partial charge on any atom is -0.396 e. The highest BCUT2D eigenvalue weighted by Gasteiger charge is 2.13. The Morgan fingerprint density at radius 3 is 2.77 bits per heavy atom. The van der Waals surface area contributed by atoms with E-state index in [1.54, 1.807) is 6.20 Å². The first-order chi connectivity index (χ1) is 12.6. The maximum Gasteiger partial charge on any atom is 0.0743 e. The monoisotopic (exact) mass is 408 g/mol. The van der Waals surface area contributed by atoms with Crippen molar-refractivity contribution in [2.24, 2.45) is 0 Å². The number of anilines is 2. The number of nitrogen functional groups attached to an aromatic ring is 1. The molecule has 0 saturated carbocycles. The van der Waals surface area contributed by atoms with Gasteiger partial charge in [-0.1, -0.05) is 46.3 Å². The van der Waals surface area contributed by atoms with Crippen molar-refractivity contribution in [2.75, 3.05) is 11.1 Å². The molecular weight excluding hydrogens is 388 g/mol. The number of hydrogen-bond acceptors (Lipinski definition) is 4. The lowest BCUT2D eigenvalue weighted by atomic mass is 10.0. The summed E-state index contributed by atoms with van der Waals surface area (Å²) < 4.78 is 1.02. The summed E-state index contributed by atoms with van der Waals surface area (Å²) in [6.07, 6.45) is 3.92. The van der Waals surface area contributed by atoms with Crippen LogP contribution in [-0.2, 0) is 6.42 Å². The third kappa shape index (κ3) is 3.97. The van der Waals surface area contributed by atoms with Gasteiger partial charge in [0.25, 0.3) is 0 Å². The van der Waals surface area contributed by atoms with Crippen molar-refractivity contribution in [2.45, 2.75) is 32.2 Å². The fourth-order valence-corrected chi connectivity index (χ4v) is 3.56. The van der Waals surface area contributed by atoms with Gasteiger partial charge in [-0.15, -0.1) is 0 Å². The van der Waals surface area contributed by atoms with Gasteiger partial charge in [-0.25, -0.2) is 0 Å². The number of benzene rings is 2. The summed E-state index contributed by atoms with van der Waals surface area (Å²) in [6.45, 7) is 2.12. The second-order valence-electron chi connectivity index (χ2n) is 6.34. The van der Waals surface area contributed by atoms with Crippen molar-refractivity contribution in [3.63, 3.8) is 0 Å². The van der Waals surface area contributed by atoms with Crippen molar-refractivity contribution in [1.29, 1.82) is 5.26 Å². The Morgan fingerprint density at radius 1 is 1.27 bits per heavy atom. The number of halogens is 1. The van der Waals surface area contributed by atoms with E-state index in [0.717, 1.165) is 39.5 Å². The molecule has 0 aliphatic carbocycles. The van der Waals surface area contributed by atoms with Gasteiger partial charge in [0.05, 0.1) is 29.2 Å². The van der Waals surface area contributed by atoms with Crippen LogP contribution in [-0.4, -0.2) is 4.98 Å². The molecule has 0 fully saturated rings. The zero-order valence-corrected chi connectivity index (χ0v) is 16.3. The van der Waals surface area contributed by atoms with Crippen molar-refractivity contribution in [3.05, 3.63) is 64.3 Å². The standard InChI is InChI=1S/C21H21BrN4/c1-14(15-7-3-2-4-8-15)26-21-17-11-16(9-5-6-10-23)18(22)12-20(17)25-13-19(21)24/h2-4,7-8,11-14H,5-6,9,24H2,1H3,(H,25,26)/t14-/m1/s1. The zero-order valence-electron chi connectivity index (χ0n) is 14.7. The molecule has 1 aromatic heterocycles. The summed E-state index contributed by atoms with van der Waals surface area (Å²) in [5.74, 6) is 0. The Balaban J connectivity index is 1.99. The maximum absolute atomic E-state index is 8.77. The van der Waals surface area contributed by atoms with E-state index >= 15 is 0 Å². The van der Waals surface area contributed by atoms with Gasteiger partial charge in [-0.2, -0.15) is 5.26 Å². The Labute approximate surface area is 162 Å². The number of fused-ring (bicyclic) bond motifs is 1. The molecule has 0 amide bonds. The van der Waals surface area contributed by atoms with Gasteiger partial charge in [0.15, 0.2) is 0 Å². The van der Waals surface area contributed by atoms with Crippen molar-refractivity contribution < 1.29 is 0 Å². The Bertz CT molecular complexity index is 948. The van der Waals surface area contributed by atoms with E-state index in [1.807, 2.05) is 24.3 Å². The van der Waals surface area contributed by atoms with Crippen LogP contribution in [0.25, 0.3) is 10.9 Å². The first-order valence-corrected chi connectivity index (χ1v) is 9.44. The average Bonchev–Trinajstić information content (AvgIpc) is 2.65. The van der Waals surface area contributed by atoms with Crippen LogP contribution >= 0.6 is 15.9 Å². The number of nitrogens with zero attached hydrogens (tertiary/aromatic N) is 2. The van der Waals surface area contributed by atoms with Crippen molar-refractivity contribution in [1.82, 2.24) is 4.98 Å². The van der Waals surface area contributed by atoms with Crippen LogP contribution in [0, 0.1) is 11.3 Å². The average molecular weight is 409 g/mol. The second-order valence-corrected chi connectivity index (χ2v) is 7.19. The molecule has 0 saturated heterocycles. The smallest absolute Gasteiger partial charge is 0.0743 e. The van der Waals surface area contributed by atoms with Crippen LogP contribution in [0.5, 0.6) is 0 Å². The molecule has 0 spiro atoms. The Kier molecular flexibility index (Phi) is 5.75. The lowest BCUT2D eigenvalue weighted by molar-refractivity contribution is 0.848. The molecule has 0 aliphatic rings. The van der Waals surface area contributed by atoms with Gasteiger partial charge in [0.1, 0.15) is 0 Å². The van der Waals surface area contributed by atoms with Crippen LogP contribution in [0.2, 0.25) is 0 Å². The number of nitrogens with one attached hydrogen (secondary N) is 1. The van der Waals surface area contributed by atoms with E-state index < -0.39 is 0 Å². The summed E-state index contributed by atoms with van der Waals surface area (Å²) >= 11 is 3.63. The number of aromatic nitrogens is 1. The number of nitriles is 1. The van der Waals surface area contributed by atoms with Gasteiger partial charge in [0.2, 0.25) is 0 Å². The molecule has 0 aliphatic heterocycles. The second kappa shape index (κ2) is 8.20. The molecule has 5 heteroatoms. The van der Waals surface area contributed by atoms with Gasteiger partial charge in [0, 0.05) is 22.3 Å². The van der Waals surface area contributed by atoms with E-state index in [4.69, 9.17) is 11.0 Å². The van der Waals surface area contributed by atoms with E-state index in [9.17, 15) is 0 Å². The van der Waals surface area contributed by atoms with Gasteiger partial charge in [-0.05, 0) is 43.0 Å². The molecule has 132 valence electrons. The van der Waals surface area contributed by atoms with E-state index in [0.29, 0.717) is 12.1 Å². The molecule has 1 atom stereocenters. The predicted molar refractivity (Wildman–Crippen MR) is 111 cm³/mol. The number of unbranched alkanes of at least 4 members (excludes halogenated alkanes) is 1. The summed E-state index contributed by atoms with van der Waals surface area (Å²) in [6, 6.07) is 16.7. The first-order valence-electron chi connectivity index (χ1n) is 8.65. The topological polar surface area (TPSA) is 74.7 Å². The fraction of sp³-hybridized carbons (Fsp3) is 0.238. The molecule has 0 unspecified atom stereocenters. The van der Waals surface area contributed by atoms with Crippen LogP contribution in [0.4, 0.5) is 11.4 Å². The summed E-state index contributed by atoms with van der Waals surface area (Å²) in [4.78, 5) is 4.47. The maximum atomic E-state index is 8.77. The molecule has 4 nitrogen and oxygen atoms in total. The van der Waals surface area contributed by atoms with Crippen molar-refractivity contribution in [3.8, 4) is 6.07 Å². The summed E-state index contributed by atoms with van der Waals surface area (Å²) in [5.41, 5.74) is 11.0. The summed E-state index contributed by atoms with van der Waals surface area (Å²) in [7, 11) is 0. The van der Waals surface area contributed by atoms with E-state index in [1.165, 1.54) is 5.56 Å². The molecule has 2 aromatic carbocycles. The van der Waals surface area contributed by atoms with Gasteiger partial charge in [-0.3, -0.25) is 4.98 Å². The Morgan fingerprint density at radius 2 is 2.04 bits per heavy atom. The molecule has 1 heterocycles. The van der Waals surface area contributed by atoms with Gasteiger partial charge < -0.3 is 11.1 Å². The van der Waals surface area contributed by atoms with Gasteiger partial charge >= 0.3 is 0 Å². The largest absolute Gasteiger partial charge is 0.396 e. The van der Waals surface area contributed by atoms with Crippen LogP contribution in [0.1, 0.15) is 36.9 Å². The number of hydrogen-bond donors (Lipinski definition) is 2. The highest BCUT2D eigenvalue weighted by atomic mass is 79.9. The molecule has 3 N–H and O–H groups in total. The highest BCUT2D eigenvalue weighted by molar-refractivity contribution is 9.10. The Hall–Kier alpha value is -2.58. The third-order valence-electron chi connectivity index (χ3n) is 4.46.